The van der Waals surface area contributed by atoms with Crippen LogP contribution in [0.15, 0.2) is 108 Å². The summed E-state index contributed by atoms with van der Waals surface area (Å²) in [5.41, 5.74) is 6.99. The van der Waals surface area contributed by atoms with Gasteiger partial charge in [-0.25, -0.2) is 5.43 Å². The van der Waals surface area contributed by atoms with Gasteiger partial charge >= 0.3 is 0 Å². The Hall–Kier alpha value is -4.07. The number of hydrogen-bond donors (Lipinski definition) is 1. The highest BCUT2D eigenvalue weighted by atomic mass is 35.5. The molecule has 1 fully saturated rings. The Labute approximate surface area is 236 Å². The molecule has 0 radical (unpaired) electrons. The van der Waals surface area contributed by atoms with Crippen molar-refractivity contribution in [3.8, 4) is 5.75 Å². The lowest BCUT2D eigenvalue weighted by Crippen LogP contribution is -2.27. The Bertz CT molecular complexity index is 1440. The minimum atomic E-state index is -0.308. The van der Waals surface area contributed by atoms with Crippen molar-refractivity contribution in [2.45, 2.75) is 18.5 Å². The first-order valence-corrected chi connectivity index (χ1v) is 13.8. The highest BCUT2D eigenvalue weighted by Crippen LogP contribution is 2.39. The van der Waals surface area contributed by atoms with E-state index in [1.54, 1.807) is 30.1 Å². The molecule has 1 aliphatic heterocycles. The van der Waals surface area contributed by atoms with Crippen LogP contribution in [0.1, 0.15) is 38.0 Å². The molecule has 0 unspecified atom stereocenters. The van der Waals surface area contributed by atoms with Gasteiger partial charge in [0.1, 0.15) is 17.7 Å². The molecule has 0 spiro atoms. The van der Waals surface area contributed by atoms with Crippen molar-refractivity contribution in [3.63, 3.8) is 0 Å². The number of carbonyl (C=O) groups is 2. The minimum absolute atomic E-state index is 0.0778. The Morgan fingerprint density at radius 3 is 2.38 bits per heavy atom. The van der Waals surface area contributed by atoms with E-state index in [9.17, 15) is 9.59 Å². The van der Waals surface area contributed by atoms with E-state index in [1.165, 1.54) is 0 Å². The SMILES string of the molecule is O=C(N/N=C\c1ccc(OCc2ccc(Cl)cc2)cc1)c1ccc([C@@H]2SCC(=O)N2Cc2ccccc2)cc1. The Kier molecular flexibility index (Phi) is 8.61. The average Bonchev–Trinajstić information content (AvgIpc) is 3.33. The van der Waals surface area contributed by atoms with Crippen LogP contribution in [0.2, 0.25) is 5.02 Å². The standard InChI is InChI=1S/C31H26ClN3O3S/c32-27-14-6-24(7-15-27)20-38-28-16-8-22(9-17-28)18-33-34-30(37)25-10-12-26(13-11-25)31-35(29(36)21-39-31)19-23-4-2-1-3-5-23/h1-18,31H,19-21H2,(H,34,37)/b33-18-/t31-/m0/s1. The fraction of sp³-hybridized carbons (Fsp3) is 0.129. The molecule has 0 bridgehead atoms. The zero-order valence-electron chi connectivity index (χ0n) is 21.0. The summed E-state index contributed by atoms with van der Waals surface area (Å²) in [6, 6.07) is 32.2. The van der Waals surface area contributed by atoms with Gasteiger partial charge in [-0.2, -0.15) is 5.10 Å². The quantitative estimate of drug-likeness (QED) is 0.190. The third kappa shape index (κ3) is 7.07. The topological polar surface area (TPSA) is 71.0 Å². The number of thioether (sulfide) groups is 1. The van der Waals surface area contributed by atoms with Crippen molar-refractivity contribution in [2.24, 2.45) is 5.10 Å². The summed E-state index contributed by atoms with van der Waals surface area (Å²) in [4.78, 5) is 27.0. The predicted molar refractivity (Wildman–Crippen MR) is 156 cm³/mol. The van der Waals surface area contributed by atoms with Crippen LogP contribution in [0, 0.1) is 0 Å². The summed E-state index contributed by atoms with van der Waals surface area (Å²) in [6.07, 6.45) is 1.58. The van der Waals surface area contributed by atoms with Crippen LogP contribution in [0.25, 0.3) is 0 Å². The van der Waals surface area contributed by atoms with Crippen LogP contribution in [-0.4, -0.2) is 28.7 Å². The van der Waals surface area contributed by atoms with Crippen molar-refractivity contribution >= 4 is 41.4 Å². The Balaban J connectivity index is 1.13. The number of hydrogen-bond acceptors (Lipinski definition) is 5. The molecule has 5 rings (SSSR count). The molecule has 4 aromatic rings. The van der Waals surface area contributed by atoms with Gasteiger partial charge in [-0.1, -0.05) is 66.2 Å². The predicted octanol–water partition coefficient (Wildman–Crippen LogP) is 6.46. The second-order valence-electron chi connectivity index (χ2n) is 8.98. The van der Waals surface area contributed by atoms with Crippen molar-refractivity contribution in [1.82, 2.24) is 10.3 Å². The van der Waals surface area contributed by atoms with Gasteiger partial charge in [-0.3, -0.25) is 9.59 Å². The molecule has 6 nitrogen and oxygen atoms in total. The largest absolute Gasteiger partial charge is 0.489 e. The molecule has 196 valence electrons. The molecule has 4 aromatic carbocycles. The van der Waals surface area contributed by atoms with E-state index in [0.29, 0.717) is 29.5 Å². The molecule has 0 aliphatic carbocycles. The zero-order chi connectivity index (χ0) is 27.0. The maximum Gasteiger partial charge on any atom is 0.271 e. The first kappa shape index (κ1) is 26.5. The van der Waals surface area contributed by atoms with E-state index in [1.807, 2.05) is 95.9 Å². The summed E-state index contributed by atoms with van der Waals surface area (Å²) in [5.74, 6) is 0.989. The van der Waals surface area contributed by atoms with Crippen LogP contribution < -0.4 is 10.2 Å². The first-order chi connectivity index (χ1) is 19.0. The van der Waals surface area contributed by atoms with E-state index in [2.05, 4.69) is 10.5 Å². The molecule has 1 heterocycles. The summed E-state index contributed by atoms with van der Waals surface area (Å²) >= 11 is 7.51. The minimum Gasteiger partial charge on any atom is -0.489 e. The molecule has 0 saturated carbocycles. The van der Waals surface area contributed by atoms with E-state index in [0.717, 1.165) is 28.0 Å². The fourth-order valence-electron chi connectivity index (χ4n) is 4.11. The summed E-state index contributed by atoms with van der Waals surface area (Å²) < 4.78 is 5.80. The molecule has 39 heavy (non-hydrogen) atoms. The lowest BCUT2D eigenvalue weighted by atomic mass is 10.1. The number of ether oxygens (including phenoxy) is 1. The molecule has 2 amide bonds. The number of amides is 2. The van der Waals surface area contributed by atoms with Gasteiger partial charge in [0.15, 0.2) is 0 Å². The van der Waals surface area contributed by atoms with Crippen molar-refractivity contribution in [2.75, 3.05) is 5.75 Å². The summed E-state index contributed by atoms with van der Waals surface area (Å²) in [7, 11) is 0. The lowest BCUT2D eigenvalue weighted by molar-refractivity contribution is -0.128. The van der Waals surface area contributed by atoms with Crippen molar-refractivity contribution in [3.05, 3.63) is 136 Å². The molecular weight excluding hydrogens is 530 g/mol. The van der Waals surface area contributed by atoms with Gasteiger partial charge in [-0.15, -0.1) is 11.8 Å². The maximum atomic E-state index is 12.6. The van der Waals surface area contributed by atoms with Crippen molar-refractivity contribution < 1.29 is 14.3 Å². The number of nitrogens with zero attached hydrogens (tertiary/aromatic N) is 2. The summed E-state index contributed by atoms with van der Waals surface area (Å²) in [6.45, 7) is 1.00. The number of benzene rings is 4. The molecule has 1 aliphatic rings. The number of nitrogens with one attached hydrogen (secondary N) is 1. The van der Waals surface area contributed by atoms with Gasteiger partial charge in [0.2, 0.25) is 5.91 Å². The van der Waals surface area contributed by atoms with Gasteiger partial charge in [0, 0.05) is 17.1 Å². The van der Waals surface area contributed by atoms with Gasteiger partial charge in [-0.05, 0) is 70.8 Å². The van der Waals surface area contributed by atoms with Crippen LogP contribution >= 0.6 is 23.4 Å². The van der Waals surface area contributed by atoms with Crippen LogP contribution in [0.3, 0.4) is 0 Å². The number of rotatable bonds is 9. The Morgan fingerprint density at radius 1 is 0.949 bits per heavy atom. The van der Waals surface area contributed by atoms with Crippen LogP contribution in [-0.2, 0) is 17.9 Å². The molecular formula is C31H26ClN3O3S. The number of carbonyl (C=O) groups excluding carboxylic acids is 2. The Morgan fingerprint density at radius 2 is 1.67 bits per heavy atom. The zero-order valence-corrected chi connectivity index (χ0v) is 22.6. The number of hydrazone groups is 1. The fourth-order valence-corrected chi connectivity index (χ4v) is 5.42. The molecule has 1 saturated heterocycles. The monoisotopic (exact) mass is 555 g/mol. The maximum absolute atomic E-state index is 12.6. The van der Waals surface area contributed by atoms with Crippen molar-refractivity contribution in [1.29, 1.82) is 0 Å². The highest BCUT2D eigenvalue weighted by Gasteiger charge is 2.32. The third-order valence-corrected chi connectivity index (χ3v) is 7.71. The lowest BCUT2D eigenvalue weighted by Gasteiger charge is -2.24. The van der Waals surface area contributed by atoms with E-state index in [4.69, 9.17) is 16.3 Å². The van der Waals surface area contributed by atoms with Crippen LogP contribution in [0.4, 0.5) is 0 Å². The smallest absolute Gasteiger partial charge is 0.271 e. The van der Waals surface area contributed by atoms with E-state index in [-0.39, 0.29) is 17.2 Å². The van der Waals surface area contributed by atoms with Crippen LogP contribution in [0.5, 0.6) is 5.75 Å². The molecule has 1 atom stereocenters. The third-order valence-electron chi connectivity index (χ3n) is 6.20. The second kappa shape index (κ2) is 12.7. The molecule has 0 aromatic heterocycles. The molecule has 1 N–H and O–H groups in total. The summed E-state index contributed by atoms with van der Waals surface area (Å²) in [5, 5.41) is 4.70. The first-order valence-electron chi connectivity index (χ1n) is 12.4. The van der Waals surface area contributed by atoms with Gasteiger partial charge < -0.3 is 9.64 Å². The molecule has 8 heteroatoms. The normalized spacial score (nSPS) is 15.1. The second-order valence-corrected chi connectivity index (χ2v) is 10.5. The van der Waals surface area contributed by atoms with Gasteiger partial charge in [0.25, 0.3) is 5.91 Å². The highest BCUT2D eigenvalue weighted by molar-refractivity contribution is 8.00. The number of halogens is 1. The van der Waals surface area contributed by atoms with E-state index < -0.39 is 0 Å². The average molecular weight is 556 g/mol. The van der Waals surface area contributed by atoms with Gasteiger partial charge in [0.05, 0.1) is 12.0 Å². The van der Waals surface area contributed by atoms with E-state index >= 15 is 0 Å².